The molecule has 5 rings (SSSR count). The maximum atomic E-state index is 3.91. The molecule has 2 saturated heterocycles. The zero-order chi connectivity index (χ0) is 16.4. The van der Waals surface area contributed by atoms with Crippen molar-refractivity contribution in [3.05, 3.63) is 35.5 Å². The van der Waals surface area contributed by atoms with E-state index in [1.807, 2.05) is 0 Å². The van der Waals surface area contributed by atoms with Gasteiger partial charge in [-0.3, -0.25) is 0 Å². The largest absolute Gasteiger partial charge is 0.356 e. The fourth-order valence-corrected chi connectivity index (χ4v) is 9.51. The summed E-state index contributed by atoms with van der Waals surface area (Å²) in [6.07, 6.45) is 3.94. The van der Waals surface area contributed by atoms with E-state index in [2.05, 4.69) is 71.6 Å². The van der Waals surface area contributed by atoms with Gasteiger partial charge in [0.25, 0.3) is 0 Å². The van der Waals surface area contributed by atoms with E-state index in [1.54, 1.807) is 11.3 Å². The number of likely N-dealkylation sites (tertiary alicyclic amines) is 1. The number of aromatic amines is 1. The van der Waals surface area contributed by atoms with E-state index in [4.69, 9.17) is 0 Å². The van der Waals surface area contributed by atoms with Gasteiger partial charge in [-0.15, -0.1) is 23.5 Å². The third-order valence-electron chi connectivity index (χ3n) is 6.58. The highest BCUT2D eigenvalue weighted by Crippen LogP contribution is 2.69. The molecule has 1 aromatic heterocycles. The van der Waals surface area contributed by atoms with Crippen molar-refractivity contribution in [2.75, 3.05) is 31.6 Å². The normalized spacial score (nSPS) is 32.2. The zero-order valence-electron chi connectivity index (χ0n) is 14.6. The van der Waals surface area contributed by atoms with E-state index in [0.717, 1.165) is 5.92 Å². The number of hydrogen-bond donors (Lipinski definition) is 1. The number of benzene rings is 1. The number of rotatable bonds is 1. The van der Waals surface area contributed by atoms with Gasteiger partial charge in [0.05, 0.1) is 0 Å². The number of nitrogens with one attached hydrogen (secondary N) is 1. The zero-order valence-corrected chi connectivity index (χ0v) is 16.2. The first-order chi connectivity index (χ1) is 11.7. The van der Waals surface area contributed by atoms with Crippen molar-refractivity contribution >= 4 is 34.4 Å². The fourth-order valence-electron chi connectivity index (χ4n) is 5.63. The van der Waals surface area contributed by atoms with E-state index < -0.39 is 0 Å². The van der Waals surface area contributed by atoms with E-state index >= 15 is 0 Å². The molecule has 24 heavy (non-hydrogen) atoms. The van der Waals surface area contributed by atoms with Crippen molar-refractivity contribution in [1.29, 1.82) is 0 Å². The molecule has 0 unspecified atom stereocenters. The maximum absolute atomic E-state index is 3.91. The van der Waals surface area contributed by atoms with Gasteiger partial charge in [0.15, 0.2) is 0 Å². The standard InChI is InChI=1S/C20H26N2S2/c1-3-19-13-22(2)10-9-16(19)20(23-11-6-12-24-20)18-17(19)14-7-4-5-8-15(14)21-18/h4-5,7-8,16,21H,3,6,9-13H2,1-2H3/t16-,19+/m1/s1. The lowest BCUT2D eigenvalue weighted by molar-refractivity contribution is 0.110. The summed E-state index contributed by atoms with van der Waals surface area (Å²) < 4.78 is 0.268. The van der Waals surface area contributed by atoms with Crippen LogP contribution in [0.5, 0.6) is 0 Å². The summed E-state index contributed by atoms with van der Waals surface area (Å²) in [6, 6.07) is 9.01. The minimum Gasteiger partial charge on any atom is -0.356 e. The molecule has 3 aliphatic rings. The number of para-hydroxylation sites is 1. The van der Waals surface area contributed by atoms with Crippen LogP contribution in [-0.2, 0) is 9.49 Å². The molecule has 0 amide bonds. The van der Waals surface area contributed by atoms with Crippen LogP contribution in [0.1, 0.15) is 37.4 Å². The van der Waals surface area contributed by atoms with Crippen molar-refractivity contribution in [2.24, 2.45) is 5.92 Å². The van der Waals surface area contributed by atoms with Crippen LogP contribution in [-0.4, -0.2) is 41.5 Å². The molecule has 0 radical (unpaired) electrons. The van der Waals surface area contributed by atoms with Crippen LogP contribution in [0.25, 0.3) is 10.9 Å². The van der Waals surface area contributed by atoms with E-state index in [-0.39, 0.29) is 4.08 Å². The Morgan fingerprint density at radius 1 is 1.25 bits per heavy atom. The lowest BCUT2D eigenvalue weighted by Gasteiger charge is -2.49. The molecule has 1 spiro atoms. The number of thioether (sulfide) groups is 2. The number of likely N-dealkylation sites (N-methyl/N-ethyl adjacent to an activating group) is 1. The molecule has 2 aromatic rings. The smallest absolute Gasteiger partial charge is 0.105 e. The summed E-state index contributed by atoms with van der Waals surface area (Å²) >= 11 is 4.49. The van der Waals surface area contributed by atoms with Gasteiger partial charge < -0.3 is 9.88 Å². The van der Waals surface area contributed by atoms with Crippen molar-refractivity contribution in [3.63, 3.8) is 0 Å². The second-order valence-electron chi connectivity index (χ2n) is 7.73. The molecule has 2 nitrogen and oxygen atoms in total. The number of piperidine rings is 1. The van der Waals surface area contributed by atoms with Crippen LogP contribution in [0.4, 0.5) is 0 Å². The third-order valence-corrected chi connectivity index (χ3v) is 10.1. The summed E-state index contributed by atoms with van der Waals surface area (Å²) in [5.74, 6) is 3.40. The Bertz CT molecular complexity index is 777. The summed E-state index contributed by atoms with van der Waals surface area (Å²) in [5.41, 5.74) is 4.90. The van der Waals surface area contributed by atoms with E-state index in [9.17, 15) is 0 Å². The van der Waals surface area contributed by atoms with Crippen LogP contribution < -0.4 is 0 Å². The average molecular weight is 359 g/mol. The lowest BCUT2D eigenvalue weighted by atomic mass is 9.68. The molecule has 4 heteroatoms. The highest BCUT2D eigenvalue weighted by atomic mass is 32.2. The van der Waals surface area contributed by atoms with E-state index in [0.29, 0.717) is 5.41 Å². The van der Waals surface area contributed by atoms with E-state index in [1.165, 1.54) is 54.8 Å². The Kier molecular flexibility index (Phi) is 3.56. The molecular formula is C20H26N2S2. The van der Waals surface area contributed by atoms with Gasteiger partial charge in [-0.1, -0.05) is 25.1 Å². The summed E-state index contributed by atoms with van der Waals surface area (Å²) in [4.78, 5) is 6.48. The molecule has 0 saturated carbocycles. The van der Waals surface area contributed by atoms with Crippen LogP contribution >= 0.6 is 23.5 Å². The highest BCUT2D eigenvalue weighted by Gasteiger charge is 2.63. The van der Waals surface area contributed by atoms with Crippen LogP contribution in [0.2, 0.25) is 0 Å². The van der Waals surface area contributed by atoms with Gasteiger partial charge in [-0.25, -0.2) is 0 Å². The minimum atomic E-state index is 0.268. The van der Waals surface area contributed by atoms with Crippen molar-refractivity contribution in [1.82, 2.24) is 9.88 Å². The predicted molar refractivity (Wildman–Crippen MR) is 107 cm³/mol. The second-order valence-corrected chi connectivity index (χ2v) is 10.7. The second kappa shape index (κ2) is 5.46. The molecule has 1 aliphatic carbocycles. The van der Waals surface area contributed by atoms with Crippen LogP contribution in [0.15, 0.2) is 24.3 Å². The first-order valence-corrected chi connectivity index (χ1v) is 11.3. The molecule has 1 N–H and O–H groups in total. The maximum Gasteiger partial charge on any atom is 0.105 e. The Morgan fingerprint density at radius 2 is 2.04 bits per heavy atom. The Labute approximate surface area is 153 Å². The van der Waals surface area contributed by atoms with Gasteiger partial charge in [-0.2, -0.15) is 0 Å². The number of nitrogens with zero attached hydrogens (tertiary/aromatic N) is 1. The fraction of sp³-hybridized carbons (Fsp3) is 0.600. The van der Waals surface area contributed by atoms with Gasteiger partial charge in [0, 0.05) is 34.5 Å². The molecule has 128 valence electrons. The van der Waals surface area contributed by atoms with Gasteiger partial charge in [0.2, 0.25) is 0 Å². The molecular weight excluding hydrogens is 332 g/mol. The SMILES string of the molecule is CC[C@]12CN(C)CC[C@H]1C1(SCCCS1)c1[nH]c3ccccc3c12. The quantitative estimate of drug-likeness (QED) is 0.790. The molecule has 0 bridgehead atoms. The highest BCUT2D eigenvalue weighted by molar-refractivity contribution is 8.18. The van der Waals surface area contributed by atoms with Gasteiger partial charge in [0.1, 0.15) is 4.08 Å². The van der Waals surface area contributed by atoms with Gasteiger partial charge >= 0.3 is 0 Å². The van der Waals surface area contributed by atoms with Crippen LogP contribution in [0, 0.1) is 5.92 Å². The first-order valence-electron chi connectivity index (χ1n) is 9.29. The molecule has 2 aliphatic heterocycles. The number of aromatic nitrogens is 1. The Hall–Kier alpha value is -0.580. The number of H-pyrrole nitrogens is 1. The molecule has 3 heterocycles. The van der Waals surface area contributed by atoms with Crippen molar-refractivity contribution in [3.8, 4) is 0 Å². The molecule has 2 fully saturated rings. The summed E-state index contributed by atoms with van der Waals surface area (Å²) in [7, 11) is 2.31. The number of fused-ring (bicyclic) bond motifs is 7. The average Bonchev–Trinajstić information content (AvgIpc) is 3.10. The molecule has 1 aromatic carbocycles. The van der Waals surface area contributed by atoms with Gasteiger partial charge in [-0.05, 0) is 56.0 Å². The number of hydrogen-bond acceptors (Lipinski definition) is 3. The predicted octanol–water partition coefficient (Wildman–Crippen LogP) is 4.80. The third kappa shape index (κ3) is 1.85. The first kappa shape index (κ1) is 15.7. The monoisotopic (exact) mass is 358 g/mol. The van der Waals surface area contributed by atoms with Crippen LogP contribution in [0.3, 0.4) is 0 Å². The summed E-state index contributed by atoms with van der Waals surface area (Å²) in [6.45, 7) is 4.89. The minimum absolute atomic E-state index is 0.268. The summed E-state index contributed by atoms with van der Waals surface area (Å²) in [5, 5.41) is 1.48. The van der Waals surface area contributed by atoms with Crippen molar-refractivity contribution in [2.45, 2.75) is 35.7 Å². The van der Waals surface area contributed by atoms with Crippen molar-refractivity contribution < 1.29 is 0 Å². The Morgan fingerprint density at radius 3 is 2.83 bits per heavy atom. The molecule has 2 atom stereocenters. The topological polar surface area (TPSA) is 19.0 Å². The Balaban J connectivity index is 1.81. The lowest BCUT2D eigenvalue weighted by Crippen LogP contribution is -2.51.